The first kappa shape index (κ1) is 21.3. The molecule has 0 atom stereocenters. The van der Waals surface area contributed by atoms with Crippen molar-refractivity contribution in [3.05, 3.63) is 71.1 Å². The van der Waals surface area contributed by atoms with Crippen LogP contribution >= 0.6 is 0 Å². The summed E-state index contributed by atoms with van der Waals surface area (Å²) in [5.41, 5.74) is 5.74. The fourth-order valence-electron chi connectivity index (χ4n) is 4.19. The van der Waals surface area contributed by atoms with Crippen molar-refractivity contribution < 1.29 is 14.4 Å². The average Bonchev–Trinajstić information content (AvgIpc) is 3.10. The molecule has 0 bridgehead atoms. The molecule has 2 N–H and O–H groups in total. The van der Waals surface area contributed by atoms with E-state index >= 15 is 0 Å². The molecule has 0 unspecified atom stereocenters. The first-order valence-electron chi connectivity index (χ1n) is 10.8. The van der Waals surface area contributed by atoms with Crippen molar-refractivity contribution in [2.24, 2.45) is 0 Å². The van der Waals surface area contributed by atoms with Crippen LogP contribution in [0.5, 0.6) is 0 Å². The van der Waals surface area contributed by atoms with E-state index in [4.69, 9.17) is 4.52 Å². The van der Waals surface area contributed by atoms with Crippen molar-refractivity contribution in [2.45, 2.75) is 45.8 Å². The van der Waals surface area contributed by atoms with Gasteiger partial charge in [0.15, 0.2) is 0 Å². The largest absolute Gasteiger partial charge is 0.393 e. The number of hydrogen-bond donors (Lipinski definition) is 2. The monoisotopic (exact) mass is 419 g/mol. The van der Waals surface area contributed by atoms with Gasteiger partial charge in [-0.3, -0.25) is 9.69 Å². The molecule has 1 fully saturated rings. The maximum atomic E-state index is 12.7. The molecule has 2 aromatic carbocycles. The van der Waals surface area contributed by atoms with Crippen LogP contribution in [0, 0.1) is 13.8 Å². The summed E-state index contributed by atoms with van der Waals surface area (Å²) >= 11 is 0. The molecule has 162 valence electrons. The van der Waals surface area contributed by atoms with E-state index in [-0.39, 0.29) is 12.0 Å². The van der Waals surface area contributed by atoms with Crippen LogP contribution in [0.3, 0.4) is 0 Å². The number of aliphatic hydroxyl groups is 1. The molecule has 1 aliphatic heterocycles. The average molecular weight is 420 g/mol. The molecule has 6 nitrogen and oxygen atoms in total. The third-order valence-corrected chi connectivity index (χ3v) is 5.86. The number of anilines is 1. The van der Waals surface area contributed by atoms with Crippen LogP contribution in [-0.2, 0) is 17.8 Å². The number of carbonyl (C=O) groups excluding carboxylic acids is 1. The van der Waals surface area contributed by atoms with E-state index in [0.717, 1.165) is 65.3 Å². The Labute approximate surface area is 182 Å². The van der Waals surface area contributed by atoms with Crippen molar-refractivity contribution >= 4 is 11.6 Å². The van der Waals surface area contributed by atoms with Crippen molar-refractivity contribution in [2.75, 3.05) is 18.4 Å². The highest BCUT2D eigenvalue weighted by atomic mass is 16.5. The number of rotatable bonds is 6. The minimum atomic E-state index is -0.213. The molecule has 0 aliphatic carbocycles. The molecule has 1 amide bonds. The highest BCUT2D eigenvalue weighted by Gasteiger charge is 2.20. The lowest BCUT2D eigenvalue weighted by atomic mass is 9.99. The topological polar surface area (TPSA) is 78.6 Å². The van der Waals surface area contributed by atoms with Crippen LogP contribution < -0.4 is 5.32 Å². The standard InChI is InChI=1S/C25H29N3O3/c1-17-25(18(2)31-27-17)20-8-9-23(26-24(30)14-19-6-4-3-5-7-19)21(15-20)16-28-12-10-22(29)11-13-28/h3-9,15,22,29H,10-14,16H2,1-2H3,(H,26,30). The molecule has 1 aromatic heterocycles. The SMILES string of the molecule is Cc1noc(C)c1-c1ccc(NC(=O)Cc2ccccc2)c(CN2CCC(O)CC2)c1. The molecule has 0 saturated carbocycles. The zero-order chi connectivity index (χ0) is 21.8. The number of hydrogen-bond acceptors (Lipinski definition) is 5. The van der Waals surface area contributed by atoms with Crippen molar-refractivity contribution in [1.29, 1.82) is 0 Å². The van der Waals surface area contributed by atoms with Crippen molar-refractivity contribution in [1.82, 2.24) is 10.1 Å². The lowest BCUT2D eigenvalue weighted by Gasteiger charge is -2.30. The van der Waals surface area contributed by atoms with E-state index in [0.29, 0.717) is 13.0 Å². The molecule has 1 saturated heterocycles. The predicted molar refractivity (Wildman–Crippen MR) is 121 cm³/mol. The summed E-state index contributed by atoms with van der Waals surface area (Å²) in [5, 5.41) is 17.0. The Hall–Kier alpha value is -2.96. The number of benzene rings is 2. The van der Waals surface area contributed by atoms with Gasteiger partial charge in [0.1, 0.15) is 5.76 Å². The minimum absolute atomic E-state index is 0.0356. The van der Waals surface area contributed by atoms with Crippen molar-refractivity contribution in [3.63, 3.8) is 0 Å². The summed E-state index contributed by atoms with van der Waals surface area (Å²) in [4.78, 5) is 15.0. The Balaban J connectivity index is 1.59. The Morgan fingerprint density at radius 1 is 1.16 bits per heavy atom. The van der Waals surface area contributed by atoms with Gasteiger partial charge in [-0.2, -0.15) is 0 Å². The zero-order valence-electron chi connectivity index (χ0n) is 18.1. The second-order valence-corrected chi connectivity index (χ2v) is 8.29. The fraction of sp³-hybridized carbons (Fsp3) is 0.360. The summed E-state index contributed by atoms with van der Waals surface area (Å²) < 4.78 is 5.35. The third kappa shape index (κ3) is 5.21. The smallest absolute Gasteiger partial charge is 0.228 e. The highest BCUT2D eigenvalue weighted by Crippen LogP contribution is 2.31. The Bertz CT molecular complexity index is 1020. The third-order valence-electron chi connectivity index (χ3n) is 5.86. The summed E-state index contributed by atoms with van der Waals surface area (Å²) in [6.45, 7) is 6.25. The number of nitrogens with one attached hydrogen (secondary N) is 1. The molecule has 1 aliphatic rings. The van der Waals surface area contributed by atoms with Gasteiger partial charge in [-0.1, -0.05) is 41.6 Å². The van der Waals surface area contributed by atoms with Crippen LogP contribution in [0.1, 0.15) is 35.4 Å². The lowest BCUT2D eigenvalue weighted by Crippen LogP contribution is -2.35. The van der Waals surface area contributed by atoms with E-state index in [1.165, 1.54) is 0 Å². The molecular formula is C25H29N3O3. The number of piperidine rings is 1. The Kier molecular flexibility index (Phi) is 6.49. The summed E-state index contributed by atoms with van der Waals surface area (Å²) in [5.74, 6) is 0.747. The number of aromatic nitrogens is 1. The number of amides is 1. The maximum Gasteiger partial charge on any atom is 0.228 e. The molecule has 0 spiro atoms. The second-order valence-electron chi connectivity index (χ2n) is 8.29. The van der Waals surface area contributed by atoms with Crippen LogP contribution in [0.15, 0.2) is 53.1 Å². The van der Waals surface area contributed by atoms with Crippen LogP contribution in [0.2, 0.25) is 0 Å². The quantitative estimate of drug-likeness (QED) is 0.629. The lowest BCUT2D eigenvalue weighted by molar-refractivity contribution is -0.115. The number of nitrogens with zero attached hydrogens (tertiary/aromatic N) is 2. The van der Waals surface area contributed by atoms with Gasteiger partial charge in [0, 0.05) is 30.9 Å². The Morgan fingerprint density at radius 2 is 1.90 bits per heavy atom. The van der Waals surface area contributed by atoms with Gasteiger partial charge in [-0.15, -0.1) is 0 Å². The number of aryl methyl sites for hydroxylation is 2. The van der Waals surface area contributed by atoms with Gasteiger partial charge in [-0.05, 0) is 55.5 Å². The van der Waals surface area contributed by atoms with E-state index in [1.807, 2.05) is 56.3 Å². The molecule has 0 radical (unpaired) electrons. The van der Waals surface area contributed by atoms with Gasteiger partial charge >= 0.3 is 0 Å². The van der Waals surface area contributed by atoms with Gasteiger partial charge < -0.3 is 14.9 Å². The van der Waals surface area contributed by atoms with E-state index < -0.39 is 0 Å². The maximum absolute atomic E-state index is 12.7. The van der Waals surface area contributed by atoms with Crippen molar-refractivity contribution in [3.8, 4) is 11.1 Å². The molecule has 4 rings (SSSR count). The summed E-state index contributed by atoms with van der Waals surface area (Å²) in [6.07, 6.45) is 1.68. The summed E-state index contributed by atoms with van der Waals surface area (Å²) in [7, 11) is 0. The molecule has 31 heavy (non-hydrogen) atoms. The van der Waals surface area contributed by atoms with Gasteiger partial charge in [0.25, 0.3) is 0 Å². The predicted octanol–water partition coefficient (Wildman–Crippen LogP) is 4.10. The number of aliphatic hydroxyl groups excluding tert-OH is 1. The first-order chi connectivity index (χ1) is 15.0. The van der Waals surface area contributed by atoms with E-state index in [2.05, 4.69) is 21.4 Å². The number of carbonyl (C=O) groups is 1. The minimum Gasteiger partial charge on any atom is -0.393 e. The van der Waals surface area contributed by atoms with E-state index in [1.54, 1.807) is 0 Å². The van der Waals surface area contributed by atoms with Gasteiger partial charge in [0.2, 0.25) is 5.91 Å². The Morgan fingerprint density at radius 3 is 2.58 bits per heavy atom. The normalized spacial score (nSPS) is 15.2. The molecular weight excluding hydrogens is 390 g/mol. The summed E-state index contributed by atoms with van der Waals surface area (Å²) in [6, 6.07) is 15.8. The molecule has 3 aromatic rings. The van der Waals surface area contributed by atoms with Crippen LogP contribution in [0.25, 0.3) is 11.1 Å². The number of likely N-dealkylation sites (tertiary alicyclic amines) is 1. The van der Waals surface area contributed by atoms with Crippen LogP contribution in [0.4, 0.5) is 5.69 Å². The second kappa shape index (κ2) is 9.45. The van der Waals surface area contributed by atoms with E-state index in [9.17, 15) is 9.90 Å². The highest BCUT2D eigenvalue weighted by molar-refractivity contribution is 5.93. The fourth-order valence-corrected chi connectivity index (χ4v) is 4.19. The molecule has 6 heteroatoms. The zero-order valence-corrected chi connectivity index (χ0v) is 18.1. The first-order valence-corrected chi connectivity index (χ1v) is 10.8. The van der Waals surface area contributed by atoms with Gasteiger partial charge in [-0.25, -0.2) is 0 Å². The molecule has 2 heterocycles. The van der Waals surface area contributed by atoms with Gasteiger partial charge in [0.05, 0.1) is 18.2 Å². The van der Waals surface area contributed by atoms with Crippen LogP contribution in [-0.4, -0.2) is 40.3 Å².